The van der Waals surface area contributed by atoms with Gasteiger partial charge < -0.3 is 9.30 Å². The minimum atomic E-state index is -0.205. The molecule has 0 N–H and O–H groups in total. The van der Waals surface area contributed by atoms with E-state index in [1.807, 2.05) is 0 Å². The summed E-state index contributed by atoms with van der Waals surface area (Å²) in [5.74, 6) is 1.05. The van der Waals surface area contributed by atoms with Crippen molar-refractivity contribution in [3.05, 3.63) is 89.7 Å². The highest BCUT2D eigenvalue weighted by atomic mass is 16.5. The maximum absolute atomic E-state index is 6.72. The first-order chi connectivity index (χ1) is 12.8. The number of hydrogen-bond donors (Lipinski definition) is 0. The molecule has 0 atom stereocenters. The lowest BCUT2D eigenvalue weighted by molar-refractivity contribution is -0.00811. The van der Waals surface area contributed by atoms with Gasteiger partial charge in [-0.1, -0.05) is 48.5 Å². The van der Waals surface area contributed by atoms with Gasteiger partial charge in [0.05, 0.1) is 12.2 Å². The molecule has 3 heterocycles. The van der Waals surface area contributed by atoms with Gasteiger partial charge in [0, 0.05) is 44.2 Å². The van der Waals surface area contributed by atoms with Crippen LogP contribution in [-0.2, 0) is 18.7 Å². The average molecular weight is 344 g/mol. The van der Waals surface area contributed by atoms with E-state index in [0.717, 1.165) is 44.8 Å². The molecule has 0 saturated carbocycles. The average Bonchev–Trinajstić information content (AvgIpc) is 3.10. The molecule has 26 heavy (non-hydrogen) atoms. The lowest BCUT2D eigenvalue weighted by atomic mass is 9.87. The van der Waals surface area contributed by atoms with E-state index in [1.165, 1.54) is 16.8 Å². The SMILES string of the molecule is c1ccc(CN2CCC3(CC2)Oc2ccccc2Cn2cccc23)cc1. The van der Waals surface area contributed by atoms with Crippen molar-refractivity contribution in [1.29, 1.82) is 0 Å². The van der Waals surface area contributed by atoms with Crippen LogP contribution in [-0.4, -0.2) is 22.6 Å². The minimum Gasteiger partial charge on any atom is -0.481 e. The quantitative estimate of drug-likeness (QED) is 0.685. The number of benzene rings is 2. The number of aromatic nitrogens is 1. The number of para-hydroxylation sites is 1. The Labute approximate surface area is 154 Å². The number of piperidine rings is 1. The highest BCUT2D eigenvalue weighted by Crippen LogP contribution is 2.42. The summed E-state index contributed by atoms with van der Waals surface area (Å²) in [6, 6.07) is 23.7. The van der Waals surface area contributed by atoms with E-state index in [9.17, 15) is 0 Å². The van der Waals surface area contributed by atoms with Crippen LogP contribution in [0.4, 0.5) is 0 Å². The summed E-state index contributed by atoms with van der Waals surface area (Å²) in [6.45, 7) is 4.03. The minimum absolute atomic E-state index is 0.205. The van der Waals surface area contributed by atoms with Crippen LogP contribution < -0.4 is 4.74 Å². The van der Waals surface area contributed by atoms with E-state index in [0.29, 0.717) is 0 Å². The first kappa shape index (κ1) is 15.7. The summed E-state index contributed by atoms with van der Waals surface area (Å²) in [5, 5.41) is 0. The monoisotopic (exact) mass is 344 g/mol. The van der Waals surface area contributed by atoms with Gasteiger partial charge in [-0.2, -0.15) is 0 Å². The lowest BCUT2D eigenvalue weighted by Gasteiger charge is -2.41. The summed E-state index contributed by atoms with van der Waals surface area (Å²) < 4.78 is 9.09. The van der Waals surface area contributed by atoms with Crippen molar-refractivity contribution in [2.45, 2.75) is 31.5 Å². The van der Waals surface area contributed by atoms with Gasteiger partial charge in [-0.25, -0.2) is 0 Å². The van der Waals surface area contributed by atoms with Crippen molar-refractivity contribution in [1.82, 2.24) is 9.47 Å². The fourth-order valence-electron chi connectivity index (χ4n) is 4.42. The fraction of sp³-hybridized carbons (Fsp3) is 0.304. The number of nitrogens with zero attached hydrogens (tertiary/aromatic N) is 2. The van der Waals surface area contributed by atoms with E-state index in [4.69, 9.17) is 4.74 Å². The topological polar surface area (TPSA) is 17.4 Å². The Hall–Kier alpha value is -2.52. The lowest BCUT2D eigenvalue weighted by Crippen LogP contribution is -2.46. The molecule has 1 fully saturated rings. The molecular formula is C23H24N2O. The van der Waals surface area contributed by atoms with Crippen LogP contribution in [0.1, 0.15) is 29.7 Å². The molecule has 132 valence electrons. The molecule has 3 heteroatoms. The molecule has 2 aliphatic heterocycles. The van der Waals surface area contributed by atoms with Crippen LogP contribution in [0.25, 0.3) is 0 Å². The third-order valence-corrected chi connectivity index (χ3v) is 5.83. The molecule has 0 aliphatic carbocycles. The van der Waals surface area contributed by atoms with Gasteiger partial charge in [0.15, 0.2) is 5.60 Å². The van der Waals surface area contributed by atoms with Crippen molar-refractivity contribution < 1.29 is 4.74 Å². The third kappa shape index (κ3) is 2.73. The Bertz CT molecular complexity index is 891. The molecule has 1 spiro atoms. The van der Waals surface area contributed by atoms with Crippen LogP contribution in [0, 0.1) is 0 Å². The van der Waals surface area contributed by atoms with Gasteiger partial charge in [0.1, 0.15) is 5.75 Å². The van der Waals surface area contributed by atoms with Crippen LogP contribution in [0.15, 0.2) is 72.9 Å². The van der Waals surface area contributed by atoms with Gasteiger partial charge >= 0.3 is 0 Å². The Kier molecular flexibility index (Phi) is 3.83. The molecule has 0 bridgehead atoms. The van der Waals surface area contributed by atoms with E-state index in [1.54, 1.807) is 0 Å². The number of ether oxygens (including phenoxy) is 1. The Morgan fingerprint density at radius 2 is 1.62 bits per heavy atom. The molecule has 2 aliphatic rings. The second kappa shape index (κ2) is 6.33. The fourth-order valence-corrected chi connectivity index (χ4v) is 4.42. The molecule has 0 radical (unpaired) electrons. The largest absolute Gasteiger partial charge is 0.481 e. The van der Waals surface area contributed by atoms with E-state index >= 15 is 0 Å². The van der Waals surface area contributed by atoms with Crippen molar-refractivity contribution in [3.8, 4) is 5.75 Å². The Morgan fingerprint density at radius 1 is 0.846 bits per heavy atom. The molecule has 3 aromatic rings. The first-order valence-corrected chi connectivity index (χ1v) is 9.51. The normalized spacial score (nSPS) is 18.6. The summed E-state index contributed by atoms with van der Waals surface area (Å²) in [4.78, 5) is 2.55. The Balaban J connectivity index is 1.41. The third-order valence-electron chi connectivity index (χ3n) is 5.83. The van der Waals surface area contributed by atoms with Crippen molar-refractivity contribution in [2.24, 2.45) is 0 Å². The maximum Gasteiger partial charge on any atom is 0.151 e. The molecule has 2 aromatic carbocycles. The van der Waals surface area contributed by atoms with E-state index in [-0.39, 0.29) is 5.60 Å². The highest BCUT2D eigenvalue weighted by Gasteiger charge is 2.42. The molecule has 5 rings (SSSR count). The zero-order chi connectivity index (χ0) is 17.4. The van der Waals surface area contributed by atoms with Crippen molar-refractivity contribution >= 4 is 0 Å². The zero-order valence-corrected chi connectivity index (χ0v) is 15.0. The summed E-state index contributed by atoms with van der Waals surface area (Å²) >= 11 is 0. The van der Waals surface area contributed by atoms with Gasteiger partial charge in [0.25, 0.3) is 0 Å². The highest BCUT2D eigenvalue weighted by molar-refractivity contribution is 5.38. The van der Waals surface area contributed by atoms with E-state index in [2.05, 4.69) is 82.4 Å². The predicted octanol–water partition coefficient (Wildman–Crippen LogP) is 4.42. The summed E-state index contributed by atoms with van der Waals surface area (Å²) in [5.41, 5.74) is 3.78. The molecule has 1 saturated heterocycles. The van der Waals surface area contributed by atoms with Gasteiger partial charge in [0.2, 0.25) is 0 Å². The molecule has 3 nitrogen and oxygen atoms in total. The molecule has 1 aromatic heterocycles. The van der Waals surface area contributed by atoms with Crippen LogP contribution in [0.3, 0.4) is 0 Å². The molecular weight excluding hydrogens is 320 g/mol. The number of hydrogen-bond acceptors (Lipinski definition) is 2. The number of fused-ring (bicyclic) bond motifs is 3. The van der Waals surface area contributed by atoms with Gasteiger partial charge in [-0.3, -0.25) is 4.90 Å². The zero-order valence-electron chi connectivity index (χ0n) is 15.0. The van der Waals surface area contributed by atoms with Crippen LogP contribution >= 0.6 is 0 Å². The number of rotatable bonds is 2. The predicted molar refractivity (Wildman–Crippen MR) is 103 cm³/mol. The van der Waals surface area contributed by atoms with Crippen molar-refractivity contribution in [2.75, 3.05) is 13.1 Å². The molecule has 0 amide bonds. The maximum atomic E-state index is 6.72. The number of likely N-dealkylation sites (tertiary alicyclic amines) is 1. The van der Waals surface area contributed by atoms with Gasteiger partial charge in [-0.15, -0.1) is 0 Å². The first-order valence-electron chi connectivity index (χ1n) is 9.51. The van der Waals surface area contributed by atoms with E-state index < -0.39 is 0 Å². The summed E-state index contributed by atoms with van der Waals surface area (Å²) in [6.07, 6.45) is 4.25. The second-order valence-electron chi connectivity index (χ2n) is 7.49. The Morgan fingerprint density at radius 3 is 2.46 bits per heavy atom. The summed E-state index contributed by atoms with van der Waals surface area (Å²) in [7, 11) is 0. The van der Waals surface area contributed by atoms with Crippen LogP contribution in [0.5, 0.6) is 5.75 Å². The molecule has 0 unspecified atom stereocenters. The van der Waals surface area contributed by atoms with Crippen molar-refractivity contribution in [3.63, 3.8) is 0 Å². The smallest absolute Gasteiger partial charge is 0.151 e. The standard InChI is InChI=1S/C23H24N2O/c1-2-7-19(8-3-1)17-24-15-12-23(13-16-24)22-11-6-14-25(22)18-20-9-4-5-10-21(20)26-23/h1-11,14H,12-13,15-18H2. The van der Waals surface area contributed by atoms with Gasteiger partial charge in [-0.05, 0) is 23.8 Å². The van der Waals surface area contributed by atoms with Crippen LogP contribution in [0.2, 0.25) is 0 Å². The second-order valence-corrected chi connectivity index (χ2v) is 7.49.